The number of hydrogen-bond donors (Lipinski definition) is 1. The maximum Gasteiger partial charge on any atom is 0.405 e. The topological polar surface area (TPSA) is 54.2 Å². The molecule has 1 aliphatic heterocycles. The molecule has 114 valence electrons. The van der Waals surface area contributed by atoms with E-state index in [0.717, 1.165) is 5.56 Å². The molecule has 1 saturated heterocycles. The third kappa shape index (κ3) is 3.16. The first kappa shape index (κ1) is 14.3. The predicted molar refractivity (Wildman–Crippen MR) is 69.8 cm³/mol. The lowest BCUT2D eigenvalue weighted by Gasteiger charge is -2.37. The zero-order valence-corrected chi connectivity index (χ0v) is 11.2. The van der Waals surface area contributed by atoms with Gasteiger partial charge in [-0.3, -0.25) is 4.90 Å². The molecule has 1 atom stereocenters. The second-order valence-corrected chi connectivity index (χ2v) is 5.13. The molecule has 0 saturated carbocycles. The average Bonchev–Trinajstić information content (AvgIpc) is 2.92. The van der Waals surface area contributed by atoms with Gasteiger partial charge in [-0.2, -0.15) is 13.2 Å². The Morgan fingerprint density at radius 2 is 2.10 bits per heavy atom. The Morgan fingerprint density at radius 1 is 1.29 bits per heavy atom. The van der Waals surface area contributed by atoms with Gasteiger partial charge in [-0.1, -0.05) is 6.07 Å². The van der Waals surface area contributed by atoms with Gasteiger partial charge in [-0.25, -0.2) is 4.63 Å². The number of rotatable bonds is 3. The smallest absolute Gasteiger partial charge is 0.314 e. The summed E-state index contributed by atoms with van der Waals surface area (Å²) in [6.45, 7) is 1.30. The summed E-state index contributed by atoms with van der Waals surface area (Å²) >= 11 is 0. The Hall–Kier alpha value is -1.67. The minimum absolute atomic E-state index is 0.0459. The number of fused-ring (bicyclic) bond motifs is 1. The van der Waals surface area contributed by atoms with Gasteiger partial charge in [0.2, 0.25) is 0 Å². The Labute approximate surface area is 119 Å². The van der Waals surface area contributed by atoms with E-state index in [2.05, 4.69) is 20.3 Å². The molecule has 1 aromatic heterocycles. The van der Waals surface area contributed by atoms with E-state index >= 15 is 0 Å². The van der Waals surface area contributed by atoms with Gasteiger partial charge in [0, 0.05) is 26.2 Å². The lowest BCUT2D eigenvalue weighted by atomic mass is 10.1. The van der Waals surface area contributed by atoms with Crippen LogP contribution in [0.1, 0.15) is 5.56 Å². The van der Waals surface area contributed by atoms with Crippen molar-refractivity contribution >= 4 is 11.0 Å². The number of alkyl halides is 3. The van der Waals surface area contributed by atoms with Crippen LogP contribution in [-0.4, -0.2) is 53.6 Å². The maximum absolute atomic E-state index is 13.0. The molecule has 0 spiro atoms. The largest absolute Gasteiger partial charge is 0.405 e. The highest BCUT2D eigenvalue weighted by Gasteiger charge is 2.44. The minimum atomic E-state index is -4.20. The summed E-state index contributed by atoms with van der Waals surface area (Å²) in [4.78, 5) is 1.49. The molecule has 3 rings (SSSR count). The number of halogens is 3. The van der Waals surface area contributed by atoms with Crippen molar-refractivity contribution in [3.05, 3.63) is 23.8 Å². The van der Waals surface area contributed by atoms with Crippen LogP contribution in [0.15, 0.2) is 22.8 Å². The second kappa shape index (κ2) is 5.61. The third-order valence-electron chi connectivity index (χ3n) is 3.74. The molecule has 8 heteroatoms. The normalized spacial score (nSPS) is 21.0. The molecular weight excluding hydrogens is 285 g/mol. The Bertz CT molecular complexity index is 613. The summed E-state index contributed by atoms with van der Waals surface area (Å²) < 4.78 is 43.5. The van der Waals surface area contributed by atoms with Crippen LogP contribution in [0, 0.1) is 0 Å². The molecule has 0 bridgehead atoms. The van der Waals surface area contributed by atoms with Gasteiger partial charge in [0.1, 0.15) is 17.1 Å². The molecule has 1 N–H and O–H groups in total. The van der Waals surface area contributed by atoms with Crippen molar-refractivity contribution in [1.29, 1.82) is 0 Å². The van der Waals surface area contributed by atoms with E-state index in [-0.39, 0.29) is 6.54 Å². The fraction of sp³-hybridized carbons (Fsp3) is 0.538. The van der Waals surface area contributed by atoms with Crippen LogP contribution < -0.4 is 5.32 Å². The fourth-order valence-corrected chi connectivity index (χ4v) is 2.59. The molecular formula is C13H15F3N4O. The summed E-state index contributed by atoms with van der Waals surface area (Å²) in [5.41, 5.74) is 2.20. The van der Waals surface area contributed by atoms with Gasteiger partial charge in [0.05, 0.1) is 0 Å². The van der Waals surface area contributed by atoms with Crippen LogP contribution in [0.25, 0.3) is 11.0 Å². The highest BCUT2D eigenvalue weighted by Crippen LogP contribution is 2.26. The monoisotopic (exact) mass is 300 g/mol. The Morgan fingerprint density at radius 3 is 2.90 bits per heavy atom. The van der Waals surface area contributed by atoms with Crippen molar-refractivity contribution < 1.29 is 17.8 Å². The molecule has 1 aliphatic rings. The number of aromatic nitrogens is 2. The van der Waals surface area contributed by atoms with Crippen LogP contribution >= 0.6 is 0 Å². The zero-order valence-electron chi connectivity index (χ0n) is 11.2. The van der Waals surface area contributed by atoms with Crippen molar-refractivity contribution in [1.82, 2.24) is 20.5 Å². The summed E-state index contributed by atoms with van der Waals surface area (Å²) in [5.74, 6) is 0. The number of nitrogens with zero attached hydrogens (tertiary/aromatic N) is 3. The summed E-state index contributed by atoms with van der Waals surface area (Å²) in [5, 5.41) is 10.2. The fourth-order valence-electron chi connectivity index (χ4n) is 2.59. The SMILES string of the molecule is FC(F)(F)C1CNCCN1CCc1ccc2nonc2c1. The van der Waals surface area contributed by atoms with E-state index < -0.39 is 12.2 Å². The molecule has 1 unspecified atom stereocenters. The van der Waals surface area contributed by atoms with Crippen molar-refractivity contribution in [2.75, 3.05) is 26.2 Å². The van der Waals surface area contributed by atoms with Gasteiger partial charge in [0.25, 0.3) is 0 Å². The summed E-state index contributed by atoms with van der Waals surface area (Å²) in [7, 11) is 0. The molecule has 0 radical (unpaired) electrons. The lowest BCUT2D eigenvalue weighted by molar-refractivity contribution is -0.186. The minimum Gasteiger partial charge on any atom is -0.314 e. The van der Waals surface area contributed by atoms with Crippen molar-refractivity contribution in [2.24, 2.45) is 0 Å². The molecule has 1 aromatic carbocycles. The average molecular weight is 300 g/mol. The quantitative estimate of drug-likeness (QED) is 0.933. The van der Waals surface area contributed by atoms with E-state index in [0.29, 0.717) is 37.1 Å². The molecule has 2 aromatic rings. The summed E-state index contributed by atoms with van der Waals surface area (Å²) in [6, 6.07) is 4.00. The number of nitrogens with one attached hydrogen (secondary N) is 1. The molecule has 2 heterocycles. The van der Waals surface area contributed by atoms with Gasteiger partial charge < -0.3 is 5.32 Å². The Balaban J connectivity index is 1.67. The van der Waals surface area contributed by atoms with E-state index in [4.69, 9.17) is 0 Å². The van der Waals surface area contributed by atoms with E-state index in [1.54, 1.807) is 12.1 Å². The number of benzene rings is 1. The Kier molecular flexibility index (Phi) is 3.81. The van der Waals surface area contributed by atoms with Crippen LogP contribution in [0.2, 0.25) is 0 Å². The van der Waals surface area contributed by atoms with Crippen molar-refractivity contribution in [3.8, 4) is 0 Å². The molecule has 0 aliphatic carbocycles. The van der Waals surface area contributed by atoms with Gasteiger partial charge in [-0.15, -0.1) is 0 Å². The van der Waals surface area contributed by atoms with Crippen molar-refractivity contribution in [2.45, 2.75) is 18.6 Å². The first-order valence-corrected chi connectivity index (χ1v) is 6.77. The lowest BCUT2D eigenvalue weighted by Crippen LogP contribution is -2.58. The zero-order chi connectivity index (χ0) is 14.9. The molecule has 1 fully saturated rings. The standard InChI is InChI=1S/C13H15F3N4O/c14-13(15,16)12-8-17-4-6-20(12)5-3-9-1-2-10-11(7-9)19-21-18-10/h1-2,7,12,17H,3-6,8H2. The van der Waals surface area contributed by atoms with Crippen LogP contribution in [0.5, 0.6) is 0 Å². The highest BCUT2D eigenvalue weighted by molar-refractivity contribution is 5.73. The number of hydrogen-bond acceptors (Lipinski definition) is 5. The second-order valence-electron chi connectivity index (χ2n) is 5.13. The van der Waals surface area contributed by atoms with E-state index in [9.17, 15) is 13.2 Å². The van der Waals surface area contributed by atoms with Gasteiger partial charge in [0.15, 0.2) is 0 Å². The molecule has 5 nitrogen and oxygen atoms in total. The molecule has 0 amide bonds. The number of piperazine rings is 1. The van der Waals surface area contributed by atoms with Crippen LogP contribution in [0.4, 0.5) is 13.2 Å². The van der Waals surface area contributed by atoms with Crippen LogP contribution in [0.3, 0.4) is 0 Å². The molecule has 21 heavy (non-hydrogen) atoms. The highest BCUT2D eigenvalue weighted by atomic mass is 19.4. The first-order chi connectivity index (χ1) is 10.0. The maximum atomic E-state index is 13.0. The predicted octanol–water partition coefficient (Wildman–Crippen LogP) is 1.60. The third-order valence-corrected chi connectivity index (χ3v) is 3.74. The first-order valence-electron chi connectivity index (χ1n) is 6.77. The van der Waals surface area contributed by atoms with Crippen molar-refractivity contribution in [3.63, 3.8) is 0 Å². The van der Waals surface area contributed by atoms with E-state index in [1.165, 1.54) is 4.90 Å². The van der Waals surface area contributed by atoms with Gasteiger partial charge >= 0.3 is 6.18 Å². The summed E-state index contributed by atoms with van der Waals surface area (Å²) in [6.07, 6.45) is -3.66. The van der Waals surface area contributed by atoms with Gasteiger partial charge in [-0.05, 0) is 34.4 Å². The van der Waals surface area contributed by atoms with Crippen LogP contribution in [-0.2, 0) is 6.42 Å². The van der Waals surface area contributed by atoms with E-state index in [1.807, 2.05) is 6.07 Å².